The number of rotatable bonds is 0. The van der Waals surface area contributed by atoms with E-state index >= 15 is 0 Å². The van der Waals surface area contributed by atoms with Crippen LogP contribution in [0, 0.1) is 5.92 Å². The van der Waals surface area contributed by atoms with Gasteiger partial charge in [0, 0.05) is 0 Å². The standard InChI is InChI=1S/C7H10F3Se/c8-7(9,10)5-1-3-6(11)4-2-5/h5-6H,1-4H2. The summed E-state index contributed by atoms with van der Waals surface area (Å²) in [5.74, 6) is -1.04. The third kappa shape index (κ3) is 2.68. The summed E-state index contributed by atoms with van der Waals surface area (Å²) in [4.78, 5) is 0.369. The average molecular weight is 230 g/mol. The Hall–Kier alpha value is 0.309. The summed E-state index contributed by atoms with van der Waals surface area (Å²) in [6.07, 6.45) is -1.98. The second kappa shape index (κ2) is 3.36. The summed E-state index contributed by atoms with van der Waals surface area (Å²) < 4.78 is 36.2. The van der Waals surface area contributed by atoms with Gasteiger partial charge in [0.2, 0.25) is 0 Å². The molecule has 11 heavy (non-hydrogen) atoms. The zero-order valence-electron chi connectivity index (χ0n) is 6.03. The number of hydrogen-bond acceptors (Lipinski definition) is 0. The van der Waals surface area contributed by atoms with Gasteiger partial charge in [0.05, 0.1) is 0 Å². The van der Waals surface area contributed by atoms with Gasteiger partial charge in [-0.05, 0) is 0 Å². The van der Waals surface area contributed by atoms with Crippen molar-refractivity contribution in [2.45, 2.75) is 36.7 Å². The summed E-state index contributed by atoms with van der Waals surface area (Å²) in [7, 11) is 0. The molecule has 1 aliphatic rings. The van der Waals surface area contributed by atoms with Gasteiger partial charge < -0.3 is 0 Å². The molecule has 0 N–H and O–H groups in total. The first-order chi connectivity index (χ1) is 5.00. The number of halogens is 3. The van der Waals surface area contributed by atoms with Crippen molar-refractivity contribution in [1.29, 1.82) is 0 Å². The Bertz CT molecular complexity index is 124. The van der Waals surface area contributed by atoms with Crippen molar-refractivity contribution in [3.63, 3.8) is 0 Å². The van der Waals surface area contributed by atoms with Crippen LogP contribution >= 0.6 is 0 Å². The molecule has 0 heterocycles. The molecule has 0 nitrogen and oxygen atoms in total. The fourth-order valence-electron chi connectivity index (χ4n) is 1.39. The monoisotopic (exact) mass is 231 g/mol. The van der Waals surface area contributed by atoms with Crippen LogP contribution in [0.25, 0.3) is 0 Å². The van der Waals surface area contributed by atoms with Crippen LogP contribution in [-0.4, -0.2) is 22.2 Å². The van der Waals surface area contributed by atoms with Gasteiger partial charge in [0.1, 0.15) is 0 Å². The molecule has 1 rings (SSSR count). The van der Waals surface area contributed by atoms with E-state index in [0.717, 1.165) is 0 Å². The zero-order chi connectivity index (χ0) is 8.48. The third-order valence-corrected chi connectivity index (χ3v) is 3.13. The van der Waals surface area contributed by atoms with E-state index in [1.54, 1.807) is 0 Å². The molecule has 4 heteroatoms. The summed E-state index contributed by atoms with van der Waals surface area (Å²) in [5.41, 5.74) is 0. The molecule has 0 spiro atoms. The van der Waals surface area contributed by atoms with Crippen LogP contribution in [0.2, 0.25) is 4.82 Å². The van der Waals surface area contributed by atoms with Crippen molar-refractivity contribution in [2.75, 3.05) is 0 Å². The Morgan fingerprint density at radius 3 is 1.82 bits per heavy atom. The van der Waals surface area contributed by atoms with E-state index in [1.807, 2.05) is 0 Å². The van der Waals surface area contributed by atoms with Gasteiger partial charge in [-0.2, -0.15) is 0 Å². The van der Waals surface area contributed by atoms with Gasteiger partial charge in [0.15, 0.2) is 0 Å². The van der Waals surface area contributed by atoms with Crippen LogP contribution < -0.4 is 0 Å². The van der Waals surface area contributed by atoms with Crippen molar-refractivity contribution in [3.05, 3.63) is 0 Å². The van der Waals surface area contributed by atoms with Gasteiger partial charge in [0.25, 0.3) is 0 Å². The van der Waals surface area contributed by atoms with E-state index in [0.29, 0.717) is 30.5 Å². The maximum atomic E-state index is 12.1. The molecule has 0 saturated heterocycles. The molecule has 0 bridgehead atoms. The Balaban J connectivity index is 2.39. The Morgan fingerprint density at radius 1 is 1.00 bits per heavy atom. The molecular formula is C7H10F3Se. The fraction of sp³-hybridized carbons (Fsp3) is 1.00. The van der Waals surface area contributed by atoms with Crippen LogP contribution in [0.1, 0.15) is 25.7 Å². The van der Waals surface area contributed by atoms with E-state index in [1.165, 1.54) is 0 Å². The Labute approximate surface area is 72.4 Å². The summed E-state index contributed by atoms with van der Waals surface area (Å²) in [6.45, 7) is 0. The predicted octanol–water partition coefficient (Wildman–Crippen LogP) is 2.70. The Kier molecular flexibility index (Phi) is 2.87. The van der Waals surface area contributed by atoms with E-state index < -0.39 is 12.1 Å². The van der Waals surface area contributed by atoms with Crippen molar-refractivity contribution in [1.82, 2.24) is 0 Å². The van der Waals surface area contributed by atoms with Crippen molar-refractivity contribution in [3.8, 4) is 0 Å². The summed E-state index contributed by atoms with van der Waals surface area (Å²) >= 11 is 2.88. The van der Waals surface area contributed by atoms with E-state index in [4.69, 9.17) is 0 Å². The normalized spacial score (nSPS) is 33.8. The summed E-state index contributed by atoms with van der Waals surface area (Å²) in [5, 5.41) is 0. The fourth-order valence-corrected chi connectivity index (χ4v) is 1.96. The third-order valence-electron chi connectivity index (χ3n) is 2.14. The quantitative estimate of drug-likeness (QED) is 0.561. The molecule has 1 aliphatic carbocycles. The first-order valence-electron chi connectivity index (χ1n) is 3.72. The molecule has 0 aliphatic heterocycles. The van der Waals surface area contributed by atoms with Gasteiger partial charge in [-0.25, -0.2) is 0 Å². The molecule has 1 radical (unpaired) electrons. The van der Waals surface area contributed by atoms with E-state index in [9.17, 15) is 13.2 Å². The van der Waals surface area contributed by atoms with Crippen LogP contribution in [0.4, 0.5) is 13.2 Å². The van der Waals surface area contributed by atoms with Gasteiger partial charge >= 0.3 is 71.8 Å². The van der Waals surface area contributed by atoms with Crippen molar-refractivity contribution in [2.24, 2.45) is 5.92 Å². The van der Waals surface area contributed by atoms with Crippen LogP contribution in [0.15, 0.2) is 0 Å². The van der Waals surface area contributed by atoms with E-state index in [-0.39, 0.29) is 0 Å². The molecule has 1 saturated carbocycles. The van der Waals surface area contributed by atoms with Gasteiger partial charge in [-0.3, -0.25) is 0 Å². The molecule has 0 amide bonds. The molecule has 65 valence electrons. The number of hydrogen-bond donors (Lipinski definition) is 0. The van der Waals surface area contributed by atoms with Crippen molar-refractivity contribution >= 4 is 16.0 Å². The molecule has 0 aromatic heterocycles. The average Bonchev–Trinajstić information content (AvgIpc) is 1.86. The van der Waals surface area contributed by atoms with Gasteiger partial charge in [-0.1, -0.05) is 0 Å². The summed E-state index contributed by atoms with van der Waals surface area (Å²) in [6, 6.07) is 0. The maximum absolute atomic E-state index is 12.1. The molecule has 1 fully saturated rings. The molecule has 0 aromatic carbocycles. The second-order valence-electron chi connectivity index (χ2n) is 3.02. The number of alkyl halides is 3. The second-order valence-corrected chi connectivity index (χ2v) is 4.41. The molecule has 0 unspecified atom stereocenters. The topological polar surface area (TPSA) is 0 Å². The first kappa shape index (κ1) is 9.40. The van der Waals surface area contributed by atoms with Gasteiger partial charge in [-0.15, -0.1) is 0 Å². The first-order valence-corrected chi connectivity index (χ1v) is 4.71. The van der Waals surface area contributed by atoms with Crippen molar-refractivity contribution < 1.29 is 13.2 Å². The minimum atomic E-state index is -3.96. The minimum absolute atomic E-state index is 0.307. The Morgan fingerprint density at radius 2 is 1.45 bits per heavy atom. The van der Waals surface area contributed by atoms with Crippen LogP contribution in [0.3, 0.4) is 0 Å². The SMILES string of the molecule is FC(F)(F)C1CCC([Se])CC1. The molecule has 0 atom stereocenters. The van der Waals surface area contributed by atoms with Crippen LogP contribution in [0.5, 0.6) is 0 Å². The predicted molar refractivity (Wildman–Crippen MR) is 37.5 cm³/mol. The van der Waals surface area contributed by atoms with Crippen LogP contribution in [-0.2, 0) is 0 Å². The molecular weight excluding hydrogens is 220 g/mol. The zero-order valence-corrected chi connectivity index (χ0v) is 7.74. The molecule has 0 aromatic rings. The van der Waals surface area contributed by atoms with E-state index in [2.05, 4.69) is 16.0 Å².